The quantitative estimate of drug-likeness (QED) is 0.909. The number of hydrogen-bond acceptors (Lipinski definition) is 4. The lowest BCUT2D eigenvalue weighted by Gasteiger charge is -2.19. The molecule has 110 valence electrons. The summed E-state index contributed by atoms with van der Waals surface area (Å²) in [6.07, 6.45) is 2.47. The van der Waals surface area contributed by atoms with Crippen molar-refractivity contribution in [3.8, 4) is 6.07 Å². The molecule has 0 saturated heterocycles. The van der Waals surface area contributed by atoms with Crippen LogP contribution in [0.2, 0.25) is 0 Å². The molecule has 0 radical (unpaired) electrons. The van der Waals surface area contributed by atoms with E-state index in [2.05, 4.69) is 9.97 Å². The minimum atomic E-state index is -3.75. The van der Waals surface area contributed by atoms with Gasteiger partial charge in [0.1, 0.15) is 5.82 Å². The first-order valence-corrected chi connectivity index (χ1v) is 7.60. The van der Waals surface area contributed by atoms with Gasteiger partial charge >= 0.3 is 0 Å². The van der Waals surface area contributed by atoms with Crippen LogP contribution < -0.4 is 0 Å². The van der Waals surface area contributed by atoms with Crippen molar-refractivity contribution in [1.29, 1.82) is 5.26 Å². The normalized spacial score (nSPS) is 11.5. The smallest absolute Gasteiger partial charge is 0.260 e. The fourth-order valence-electron chi connectivity index (χ4n) is 1.83. The number of aromatic amines is 1. The van der Waals surface area contributed by atoms with E-state index in [1.807, 2.05) is 6.07 Å². The van der Waals surface area contributed by atoms with E-state index in [0.29, 0.717) is 0 Å². The number of nitrogens with one attached hydrogen (secondary N) is 1. The van der Waals surface area contributed by atoms with Gasteiger partial charge in [-0.3, -0.25) is 0 Å². The third-order valence-corrected chi connectivity index (χ3v) is 4.82. The first-order valence-electron chi connectivity index (χ1n) is 6.16. The number of nitrogens with zero attached hydrogens (tertiary/aromatic N) is 3. The molecule has 2 aromatic rings. The van der Waals surface area contributed by atoms with E-state index in [-0.39, 0.29) is 29.2 Å². The Hall–Kier alpha value is -2.24. The van der Waals surface area contributed by atoms with Crippen LogP contribution >= 0.6 is 0 Å². The first kappa shape index (κ1) is 15.2. The molecule has 2 rings (SSSR count). The topological polar surface area (TPSA) is 89.8 Å². The number of nitriles is 1. The molecule has 0 aliphatic heterocycles. The molecular formula is C13H13FN4O2S. The largest absolute Gasteiger partial charge is 0.335 e. The van der Waals surface area contributed by atoms with E-state index in [1.165, 1.54) is 24.7 Å². The molecule has 0 fully saturated rings. The average molecular weight is 308 g/mol. The van der Waals surface area contributed by atoms with Crippen molar-refractivity contribution in [3.05, 3.63) is 47.7 Å². The van der Waals surface area contributed by atoms with Crippen molar-refractivity contribution >= 4 is 10.0 Å². The highest BCUT2D eigenvalue weighted by atomic mass is 32.2. The first-order chi connectivity index (χ1) is 9.98. The van der Waals surface area contributed by atoms with Gasteiger partial charge in [-0.1, -0.05) is 13.0 Å². The Balaban J connectivity index is 2.30. The molecule has 0 spiro atoms. The lowest BCUT2D eigenvalue weighted by atomic mass is 10.1. The molecule has 1 aromatic heterocycles. The second kappa shape index (κ2) is 6.03. The zero-order valence-electron chi connectivity index (χ0n) is 11.2. The van der Waals surface area contributed by atoms with Crippen LogP contribution in [-0.4, -0.2) is 29.2 Å². The van der Waals surface area contributed by atoms with Crippen molar-refractivity contribution < 1.29 is 12.8 Å². The molecule has 0 aliphatic rings. The maximum atomic E-state index is 13.9. The number of aromatic nitrogens is 2. The highest BCUT2D eigenvalue weighted by Gasteiger charge is 2.25. The minimum absolute atomic E-state index is 0.0431. The zero-order valence-corrected chi connectivity index (χ0v) is 12.1. The second-order valence-electron chi connectivity index (χ2n) is 4.27. The van der Waals surface area contributed by atoms with Crippen LogP contribution in [0.15, 0.2) is 35.7 Å². The summed E-state index contributed by atoms with van der Waals surface area (Å²) in [6, 6.07) is 5.79. The molecule has 0 aliphatic carbocycles. The second-order valence-corrected chi connectivity index (χ2v) is 6.17. The molecule has 0 unspecified atom stereocenters. The number of rotatable bonds is 5. The van der Waals surface area contributed by atoms with Gasteiger partial charge in [0.05, 0.1) is 24.2 Å². The summed E-state index contributed by atoms with van der Waals surface area (Å²) >= 11 is 0. The zero-order chi connectivity index (χ0) is 15.5. The maximum Gasteiger partial charge on any atom is 0.260 e. The maximum absolute atomic E-state index is 13.9. The molecule has 8 heteroatoms. The predicted octanol–water partition coefficient (Wildman–Crippen LogP) is 1.63. The summed E-state index contributed by atoms with van der Waals surface area (Å²) < 4.78 is 39.7. The summed E-state index contributed by atoms with van der Waals surface area (Å²) in [5, 5.41) is 8.66. The van der Waals surface area contributed by atoms with Gasteiger partial charge < -0.3 is 4.98 Å². The van der Waals surface area contributed by atoms with E-state index < -0.39 is 15.8 Å². The standard InChI is InChI=1S/C13H13FN4O2S/c1-2-18(21(19,20)13-7-16-9-17-13)8-11-4-3-10(6-15)5-12(11)14/h3-5,7,9H,2,8H2,1H3,(H,16,17). The molecule has 0 bridgehead atoms. The van der Waals surface area contributed by atoms with Crippen molar-refractivity contribution in [2.45, 2.75) is 18.5 Å². The van der Waals surface area contributed by atoms with Gasteiger partial charge in [0.15, 0.2) is 5.03 Å². The Morgan fingerprint density at radius 2 is 2.24 bits per heavy atom. The van der Waals surface area contributed by atoms with Gasteiger partial charge in [-0.05, 0) is 12.1 Å². The van der Waals surface area contributed by atoms with Gasteiger partial charge in [-0.2, -0.15) is 9.57 Å². The lowest BCUT2D eigenvalue weighted by molar-refractivity contribution is 0.413. The molecule has 1 N–H and O–H groups in total. The van der Waals surface area contributed by atoms with Gasteiger partial charge in [0.2, 0.25) is 0 Å². The third kappa shape index (κ3) is 3.09. The molecule has 0 amide bonds. The number of imidazole rings is 1. The molecule has 0 saturated carbocycles. The molecule has 6 nitrogen and oxygen atoms in total. The van der Waals surface area contributed by atoms with Gasteiger partial charge in [-0.25, -0.2) is 17.8 Å². The van der Waals surface area contributed by atoms with E-state index in [0.717, 1.165) is 10.4 Å². The Bertz CT molecular complexity index is 766. The Kier molecular flexibility index (Phi) is 4.35. The summed E-state index contributed by atoms with van der Waals surface area (Å²) in [4.78, 5) is 6.21. The summed E-state index contributed by atoms with van der Waals surface area (Å²) in [5.74, 6) is -0.604. The average Bonchev–Trinajstić information content (AvgIpc) is 3.00. The molecule has 1 heterocycles. The van der Waals surface area contributed by atoms with Crippen LogP contribution in [0.4, 0.5) is 4.39 Å². The predicted molar refractivity (Wildman–Crippen MR) is 73.0 cm³/mol. The summed E-state index contributed by atoms with van der Waals surface area (Å²) in [5.41, 5.74) is 0.398. The minimum Gasteiger partial charge on any atom is -0.335 e. The SMILES string of the molecule is CCN(Cc1ccc(C#N)cc1F)S(=O)(=O)c1cnc[nH]1. The summed E-state index contributed by atoms with van der Waals surface area (Å²) in [7, 11) is -3.75. The van der Waals surface area contributed by atoms with Crippen molar-refractivity contribution in [2.75, 3.05) is 6.54 Å². The number of benzene rings is 1. The van der Waals surface area contributed by atoms with Gasteiger partial charge in [0, 0.05) is 18.7 Å². The Morgan fingerprint density at radius 1 is 1.48 bits per heavy atom. The van der Waals surface area contributed by atoms with E-state index in [9.17, 15) is 12.8 Å². The highest BCUT2D eigenvalue weighted by molar-refractivity contribution is 7.89. The monoisotopic (exact) mass is 308 g/mol. The van der Waals surface area contributed by atoms with Crippen LogP contribution in [0.3, 0.4) is 0 Å². The third-order valence-electron chi connectivity index (χ3n) is 2.97. The Labute approximate surface area is 121 Å². The van der Waals surface area contributed by atoms with E-state index >= 15 is 0 Å². The lowest BCUT2D eigenvalue weighted by Crippen LogP contribution is -2.31. The Morgan fingerprint density at radius 3 is 2.76 bits per heavy atom. The molecule has 0 atom stereocenters. The fraction of sp³-hybridized carbons (Fsp3) is 0.231. The van der Waals surface area contributed by atoms with E-state index in [4.69, 9.17) is 5.26 Å². The summed E-state index contributed by atoms with van der Waals surface area (Å²) in [6.45, 7) is 1.73. The van der Waals surface area contributed by atoms with Crippen LogP contribution in [0.25, 0.3) is 0 Å². The number of halogens is 1. The van der Waals surface area contributed by atoms with Crippen molar-refractivity contribution in [1.82, 2.24) is 14.3 Å². The fourth-order valence-corrected chi connectivity index (χ4v) is 3.15. The number of sulfonamides is 1. The number of H-pyrrole nitrogens is 1. The van der Waals surface area contributed by atoms with Crippen LogP contribution in [0.1, 0.15) is 18.1 Å². The molecular weight excluding hydrogens is 295 g/mol. The van der Waals surface area contributed by atoms with E-state index in [1.54, 1.807) is 6.92 Å². The highest BCUT2D eigenvalue weighted by Crippen LogP contribution is 2.18. The van der Waals surface area contributed by atoms with Crippen molar-refractivity contribution in [3.63, 3.8) is 0 Å². The van der Waals surface area contributed by atoms with Crippen LogP contribution in [0, 0.1) is 17.1 Å². The number of hydrogen-bond donors (Lipinski definition) is 1. The van der Waals surface area contributed by atoms with Crippen LogP contribution in [-0.2, 0) is 16.6 Å². The van der Waals surface area contributed by atoms with Gasteiger partial charge in [0.25, 0.3) is 10.0 Å². The molecule has 21 heavy (non-hydrogen) atoms. The van der Waals surface area contributed by atoms with Crippen molar-refractivity contribution in [2.24, 2.45) is 0 Å². The molecule has 1 aromatic carbocycles. The van der Waals surface area contributed by atoms with Crippen LogP contribution in [0.5, 0.6) is 0 Å². The van der Waals surface area contributed by atoms with Gasteiger partial charge in [-0.15, -0.1) is 0 Å².